The molecule has 1 N–H and O–H groups in total. The number of nitrogens with zero attached hydrogens (tertiary/aromatic N) is 1. The van der Waals surface area contributed by atoms with Crippen LogP contribution in [0.4, 0.5) is 0 Å². The molecule has 1 saturated heterocycles. The summed E-state index contributed by atoms with van der Waals surface area (Å²) < 4.78 is 4.66. The summed E-state index contributed by atoms with van der Waals surface area (Å²) in [6.45, 7) is 0.686. The summed E-state index contributed by atoms with van der Waals surface area (Å²) in [6.07, 6.45) is 1.62. The summed E-state index contributed by atoms with van der Waals surface area (Å²) in [5.41, 5.74) is -0.769. The van der Waals surface area contributed by atoms with Crippen LogP contribution < -0.4 is 0 Å². The Morgan fingerprint density at radius 3 is 2.75 bits per heavy atom. The van der Waals surface area contributed by atoms with Crippen molar-refractivity contribution in [2.45, 2.75) is 18.4 Å². The number of carbonyl (C=O) groups is 1. The van der Waals surface area contributed by atoms with Crippen LogP contribution in [0.3, 0.4) is 0 Å². The van der Waals surface area contributed by atoms with Gasteiger partial charge in [-0.05, 0) is 26.4 Å². The van der Waals surface area contributed by atoms with E-state index in [1.165, 1.54) is 7.11 Å². The van der Waals surface area contributed by atoms with Crippen LogP contribution in [0.25, 0.3) is 0 Å². The average molecular weight is 173 g/mol. The summed E-state index contributed by atoms with van der Waals surface area (Å²) >= 11 is 0. The summed E-state index contributed by atoms with van der Waals surface area (Å²) in [4.78, 5) is 13.2. The molecule has 0 spiro atoms. The lowest BCUT2D eigenvalue weighted by Crippen LogP contribution is -2.52. The largest absolute Gasteiger partial charge is 0.468 e. The minimum Gasteiger partial charge on any atom is -0.468 e. The van der Waals surface area contributed by atoms with Gasteiger partial charge >= 0.3 is 5.97 Å². The van der Waals surface area contributed by atoms with Gasteiger partial charge in [0, 0.05) is 0 Å². The van der Waals surface area contributed by atoms with Crippen molar-refractivity contribution < 1.29 is 14.6 Å². The van der Waals surface area contributed by atoms with Crippen molar-refractivity contribution in [1.29, 1.82) is 0 Å². The van der Waals surface area contributed by atoms with Crippen LogP contribution in [0.1, 0.15) is 12.8 Å². The Hall–Kier alpha value is -0.610. The highest BCUT2D eigenvalue weighted by atomic mass is 16.5. The fraction of sp³-hybridized carbons (Fsp3) is 0.875. The zero-order chi connectivity index (χ0) is 9.19. The van der Waals surface area contributed by atoms with Gasteiger partial charge in [-0.1, -0.05) is 0 Å². The van der Waals surface area contributed by atoms with Gasteiger partial charge in [-0.15, -0.1) is 0 Å². The van der Waals surface area contributed by atoms with Crippen molar-refractivity contribution in [3.63, 3.8) is 0 Å². The van der Waals surface area contributed by atoms with E-state index in [-0.39, 0.29) is 12.6 Å². The molecular weight excluding hydrogens is 158 g/mol. The van der Waals surface area contributed by atoms with Gasteiger partial charge in [-0.3, -0.25) is 4.90 Å². The van der Waals surface area contributed by atoms with Gasteiger partial charge in [0.15, 0.2) is 0 Å². The molecule has 4 heteroatoms. The monoisotopic (exact) mass is 173 g/mol. The van der Waals surface area contributed by atoms with Crippen molar-refractivity contribution in [3.05, 3.63) is 0 Å². The molecular formula is C8H15NO3. The van der Waals surface area contributed by atoms with E-state index in [1.807, 2.05) is 11.9 Å². The topological polar surface area (TPSA) is 49.8 Å². The molecule has 1 atom stereocenters. The molecule has 4 nitrogen and oxygen atoms in total. The van der Waals surface area contributed by atoms with Gasteiger partial charge in [-0.2, -0.15) is 0 Å². The standard InChI is InChI=1S/C8H15NO3/c1-9-5-3-4-8(9,6-10)7(11)12-2/h10H,3-6H2,1-2H3/t8-/m0/s1. The first-order valence-corrected chi connectivity index (χ1v) is 4.08. The Kier molecular flexibility index (Phi) is 2.69. The van der Waals surface area contributed by atoms with Gasteiger partial charge in [0.2, 0.25) is 0 Å². The highest BCUT2D eigenvalue weighted by molar-refractivity contribution is 5.81. The summed E-state index contributed by atoms with van der Waals surface area (Å²) in [6, 6.07) is 0. The molecule has 0 saturated carbocycles. The third-order valence-corrected chi connectivity index (χ3v) is 2.64. The molecule has 0 radical (unpaired) electrons. The number of aliphatic hydroxyl groups is 1. The first-order valence-electron chi connectivity index (χ1n) is 4.08. The predicted octanol–water partition coefficient (Wildman–Crippen LogP) is -0.384. The van der Waals surface area contributed by atoms with Gasteiger partial charge in [0.1, 0.15) is 5.54 Å². The van der Waals surface area contributed by atoms with Crippen LogP contribution in [0.15, 0.2) is 0 Å². The third-order valence-electron chi connectivity index (χ3n) is 2.64. The van der Waals surface area contributed by atoms with Crippen LogP contribution in [0, 0.1) is 0 Å². The molecule has 1 fully saturated rings. The quantitative estimate of drug-likeness (QED) is 0.578. The van der Waals surface area contributed by atoms with Crippen LogP contribution in [-0.4, -0.2) is 48.8 Å². The maximum atomic E-state index is 11.4. The van der Waals surface area contributed by atoms with E-state index in [2.05, 4.69) is 4.74 Å². The number of likely N-dealkylation sites (N-methyl/N-ethyl adjacent to an activating group) is 1. The summed E-state index contributed by atoms with van der Waals surface area (Å²) in [7, 11) is 3.19. The zero-order valence-corrected chi connectivity index (χ0v) is 7.54. The average Bonchev–Trinajstić information content (AvgIpc) is 2.46. The number of rotatable bonds is 2. The fourth-order valence-corrected chi connectivity index (χ4v) is 1.73. The molecule has 1 aliphatic rings. The van der Waals surface area contributed by atoms with Gasteiger partial charge in [0.05, 0.1) is 13.7 Å². The van der Waals surface area contributed by atoms with Crippen LogP contribution in [-0.2, 0) is 9.53 Å². The molecule has 0 aromatic rings. The first kappa shape index (κ1) is 9.48. The first-order chi connectivity index (χ1) is 5.67. The number of aliphatic hydroxyl groups excluding tert-OH is 1. The number of methoxy groups -OCH3 is 1. The Morgan fingerprint density at radius 1 is 1.75 bits per heavy atom. The van der Waals surface area contributed by atoms with E-state index in [4.69, 9.17) is 5.11 Å². The van der Waals surface area contributed by atoms with E-state index < -0.39 is 5.54 Å². The Morgan fingerprint density at radius 2 is 2.42 bits per heavy atom. The highest BCUT2D eigenvalue weighted by Crippen LogP contribution is 2.28. The van der Waals surface area contributed by atoms with Crippen molar-refractivity contribution in [2.75, 3.05) is 27.3 Å². The second-order valence-corrected chi connectivity index (χ2v) is 3.21. The molecule has 1 aliphatic heterocycles. The molecule has 0 unspecified atom stereocenters. The lowest BCUT2D eigenvalue weighted by molar-refractivity contribution is -0.155. The Balaban J connectivity index is 2.81. The van der Waals surface area contributed by atoms with E-state index >= 15 is 0 Å². The van der Waals surface area contributed by atoms with E-state index in [0.29, 0.717) is 6.42 Å². The Bertz CT molecular complexity index is 183. The molecule has 0 aromatic carbocycles. The Labute approximate surface area is 72.1 Å². The molecule has 1 rings (SSSR count). The van der Waals surface area contributed by atoms with Gasteiger partial charge in [-0.25, -0.2) is 4.79 Å². The molecule has 0 aromatic heterocycles. The second kappa shape index (κ2) is 3.41. The number of carbonyl (C=O) groups excluding carboxylic acids is 1. The van der Waals surface area contributed by atoms with E-state index in [0.717, 1.165) is 13.0 Å². The molecule has 1 heterocycles. The SMILES string of the molecule is COC(=O)[C@@]1(CO)CCCN1C. The minimum absolute atomic E-state index is 0.157. The molecule has 70 valence electrons. The summed E-state index contributed by atoms with van der Waals surface area (Å²) in [5, 5.41) is 9.15. The van der Waals surface area contributed by atoms with Crippen molar-refractivity contribution in [3.8, 4) is 0 Å². The smallest absolute Gasteiger partial charge is 0.328 e. The van der Waals surface area contributed by atoms with Crippen LogP contribution in [0.5, 0.6) is 0 Å². The van der Waals surface area contributed by atoms with Crippen molar-refractivity contribution in [2.24, 2.45) is 0 Å². The summed E-state index contributed by atoms with van der Waals surface area (Å²) in [5.74, 6) is -0.329. The fourth-order valence-electron chi connectivity index (χ4n) is 1.73. The second-order valence-electron chi connectivity index (χ2n) is 3.21. The lowest BCUT2D eigenvalue weighted by Gasteiger charge is -2.30. The van der Waals surface area contributed by atoms with Crippen molar-refractivity contribution >= 4 is 5.97 Å². The number of hydrogen-bond acceptors (Lipinski definition) is 4. The molecule has 0 aliphatic carbocycles. The third kappa shape index (κ3) is 1.21. The lowest BCUT2D eigenvalue weighted by atomic mass is 9.98. The highest BCUT2D eigenvalue weighted by Gasteiger charge is 2.46. The van der Waals surface area contributed by atoms with E-state index in [9.17, 15) is 4.79 Å². The molecule has 12 heavy (non-hydrogen) atoms. The number of hydrogen-bond donors (Lipinski definition) is 1. The number of likely N-dealkylation sites (tertiary alicyclic amines) is 1. The van der Waals surface area contributed by atoms with Gasteiger partial charge in [0.25, 0.3) is 0 Å². The number of ether oxygens (including phenoxy) is 1. The van der Waals surface area contributed by atoms with E-state index in [1.54, 1.807) is 0 Å². The maximum Gasteiger partial charge on any atom is 0.328 e. The van der Waals surface area contributed by atoms with Crippen LogP contribution in [0.2, 0.25) is 0 Å². The van der Waals surface area contributed by atoms with Crippen molar-refractivity contribution in [1.82, 2.24) is 4.90 Å². The van der Waals surface area contributed by atoms with Gasteiger partial charge < -0.3 is 9.84 Å². The maximum absolute atomic E-state index is 11.4. The number of esters is 1. The molecule has 0 amide bonds. The predicted molar refractivity (Wildman–Crippen MR) is 43.7 cm³/mol. The zero-order valence-electron chi connectivity index (χ0n) is 7.54. The normalized spacial score (nSPS) is 30.6. The minimum atomic E-state index is -0.769. The van der Waals surface area contributed by atoms with Crippen LogP contribution >= 0.6 is 0 Å². The molecule has 0 bridgehead atoms.